The van der Waals surface area contributed by atoms with Crippen molar-refractivity contribution in [3.8, 4) is 0 Å². The quantitative estimate of drug-likeness (QED) is 0.775. The van der Waals surface area contributed by atoms with Gasteiger partial charge in [0.1, 0.15) is 5.82 Å². The van der Waals surface area contributed by atoms with Crippen LogP contribution in [0.2, 0.25) is 0 Å². The fraction of sp³-hybridized carbons (Fsp3) is 0.524. The van der Waals surface area contributed by atoms with E-state index in [9.17, 15) is 9.18 Å². The van der Waals surface area contributed by atoms with Gasteiger partial charge >= 0.3 is 0 Å². The van der Waals surface area contributed by atoms with Crippen LogP contribution in [0.25, 0.3) is 0 Å². The highest BCUT2D eigenvalue weighted by atomic mass is 19.1. The maximum absolute atomic E-state index is 13.0. The minimum Gasteiger partial charge on any atom is -0.345 e. The molecule has 0 saturated carbocycles. The Morgan fingerprint density at radius 3 is 2.63 bits per heavy atom. The van der Waals surface area contributed by atoms with E-state index in [2.05, 4.69) is 15.1 Å². The first-order valence-corrected chi connectivity index (χ1v) is 9.78. The number of rotatable bonds is 8. The SMILES string of the molecule is CN(CC1CCN(CCc2ccc(F)cc2)CC1)C(=O)CCc1cn[nH]c1. The number of aryl methyl sites for hydroxylation is 1. The number of nitrogens with zero attached hydrogens (tertiary/aromatic N) is 3. The molecule has 1 aromatic heterocycles. The zero-order valence-corrected chi connectivity index (χ0v) is 16.0. The highest BCUT2D eigenvalue weighted by molar-refractivity contribution is 5.76. The molecule has 1 fully saturated rings. The second-order valence-electron chi connectivity index (χ2n) is 7.54. The van der Waals surface area contributed by atoms with Crippen LogP contribution in [-0.4, -0.2) is 59.1 Å². The van der Waals surface area contributed by atoms with Crippen molar-refractivity contribution in [1.82, 2.24) is 20.0 Å². The number of hydrogen-bond donors (Lipinski definition) is 1. The molecule has 1 N–H and O–H groups in total. The first-order chi connectivity index (χ1) is 13.1. The van der Waals surface area contributed by atoms with Crippen molar-refractivity contribution in [2.45, 2.75) is 32.1 Å². The summed E-state index contributed by atoms with van der Waals surface area (Å²) in [6, 6.07) is 6.79. The number of halogens is 1. The van der Waals surface area contributed by atoms with Gasteiger partial charge in [-0.1, -0.05) is 12.1 Å². The maximum atomic E-state index is 13.0. The average molecular weight is 372 g/mol. The van der Waals surface area contributed by atoms with E-state index in [-0.39, 0.29) is 11.7 Å². The largest absolute Gasteiger partial charge is 0.345 e. The summed E-state index contributed by atoms with van der Waals surface area (Å²) in [7, 11) is 1.92. The second-order valence-corrected chi connectivity index (χ2v) is 7.54. The number of likely N-dealkylation sites (tertiary alicyclic amines) is 1. The van der Waals surface area contributed by atoms with E-state index in [0.29, 0.717) is 12.3 Å². The molecule has 1 amide bonds. The molecule has 2 heterocycles. The lowest BCUT2D eigenvalue weighted by atomic mass is 9.95. The van der Waals surface area contributed by atoms with E-state index in [1.54, 1.807) is 6.20 Å². The summed E-state index contributed by atoms with van der Waals surface area (Å²) >= 11 is 0. The monoisotopic (exact) mass is 372 g/mol. The molecule has 1 aromatic carbocycles. The number of carbonyl (C=O) groups is 1. The van der Waals surface area contributed by atoms with Gasteiger partial charge in [-0.25, -0.2) is 4.39 Å². The molecule has 146 valence electrons. The summed E-state index contributed by atoms with van der Waals surface area (Å²) in [6.45, 7) is 4.00. The van der Waals surface area contributed by atoms with Crippen molar-refractivity contribution in [1.29, 1.82) is 0 Å². The van der Waals surface area contributed by atoms with E-state index in [1.165, 1.54) is 17.7 Å². The predicted octanol–water partition coefficient (Wildman–Crippen LogP) is 2.89. The molecule has 6 heteroatoms. The Morgan fingerprint density at radius 2 is 1.96 bits per heavy atom. The van der Waals surface area contributed by atoms with Crippen LogP contribution in [-0.2, 0) is 17.6 Å². The van der Waals surface area contributed by atoms with Crippen molar-refractivity contribution in [3.63, 3.8) is 0 Å². The number of piperidine rings is 1. The van der Waals surface area contributed by atoms with Gasteiger partial charge in [0.15, 0.2) is 0 Å². The van der Waals surface area contributed by atoms with Gasteiger partial charge in [0.2, 0.25) is 5.91 Å². The van der Waals surface area contributed by atoms with Gasteiger partial charge in [-0.2, -0.15) is 5.10 Å². The number of carbonyl (C=O) groups excluding carboxylic acids is 1. The van der Waals surface area contributed by atoms with E-state index in [1.807, 2.05) is 30.3 Å². The van der Waals surface area contributed by atoms with E-state index in [0.717, 1.165) is 57.4 Å². The molecule has 0 radical (unpaired) electrons. The predicted molar refractivity (Wildman–Crippen MR) is 104 cm³/mol. The molecule has 1 aliphatic heterocycles. The standard InChI is InChI=1S/C21H29FN4O/c1-25(21(27)7-4-19-14-23-24-15-19)16-18-9-12-26(13-10-18)11-8-17-2-5-20(22)6-3-17/h2-3,5-6,14-15,18H,4,7-13,16H2,1H3,(H,23,24). The Morgan fingerprint density at radius 1 is 1.22 bits per heavy atom. The molecular formula is C21H29FN4O. The van der Waals surface area contributed by atoms with Gasteiger partial charge in [0.25, 0.3) is 0 Å². The first-order valence-electron chi connectivity index (χ1n) is 9.78. The van der Waals surface area contributed by atoms with Crippen molar-refractivity contribution in [2.75, 3.05) is 33.2 Å². The molecule has 5 nitrogen and oxygen atoms in total. The van der Waals surface area contributed by atoms with Crippen LogP contribution >= 0.6 is 0 Å². The molecule has 27 heavy (non-hydrogen) atoms. The van der Waals surface area contributed by atoms with Gasteiger partial charge in [0, 0.05) is 32.8 Å². The van der Waals surface area contributed by atoms with Gasteiger partial charge in [0.05, 0.1) is 6.20 Å². The molecule has 0 spiro atoms. The zero-order valence-electron chi connectivity index (χ0n) is 16.0. The summed E-state index contributed by atoms with van der Waals surface area (Å²) < 4.78 is 13.0. The third-order valence-electron chi connectivity index (χ3n) is 5.48. The van der Waals surface area contributed by atoms with Crippen LogP contribution < -0.4 is 0 Å². The van der Waals surface area contributed by atoms with Crippen molar-refractivity contribution in [3.05, 3.63) is 53.6 Å². The van der Waals surface area contributed by atoms with Gasteiger partial charge in [-0.3, -0.25) is 9.89 Å². The van der Waals surface area contributed by atoms with Crippen molar-refractivity contribution < 1.29 is 9.18 Å². The summed E-state index contributed by atoms with van der Waals surface area (Å²) in [5.41, 5.74) is 2.26. The summed E-state index contributed by atoms with van der Waals surface area (Å²) in [4.78, 5) is 16.7. The molecular weight excluding hydrogens is 343 g/mol. The van der Waals surface area contributed by atoms with Crippen LogP contribution in [0.5, 0.6) is 0 Å². The molecule has 1 aliphatic rings. The average Bonchev–Trinajstić information content (AvgIpc) is 3.20. The fourth-order valence-electron chi connectivity index (χ4n) is 3.68. The minimum atomic E-state index is -0.178. The maximum Gasteiger partial charge on any atom is 0.222 e. The molecule has 1 saturated heterocycles. The summed E-state index contributed by atoms with van der Waals surface area (Å²) in [6.07, 6.45) is 8.10. The third kappa shape index (κ3) is 6.17. The number of aromatic nitrogens is 2. The van der Waals surface area contributed by atoms with Crippen LogP contribution in [0.3, 0.4) is 0 Å². The second kappa shape index (κ2) is 9.65. The molecule has 0 aliphatic carbocycles. The van der Waals surface area contributed by atoms with Gasteiger partial charge < -0.3 is 9.80 Å². The number of H-pyrrole nitrogens is 1. The van der Waals surface area contributed by atoms with Crippen LogP contribution in [0, 0.1) is 11.7 Å². The Balaban J connectivity index is 1.33. The lowest BCUT2D eigenvalue weighted by molar-refractivity contribution is -0.130. The number of benzene rings is 1. The Kier molecular flexibility index (Phi) is 6.98. The molecule has 2 aromatic rings. The lowest BCUT2D eigenvalue weighted by Crippen LogP contribution is -2.40. The van der Waals surface area contributed by atoms with Crippen LogP contribution in [0.4, 0.5) is 4.39 Å². The zero-order chi connectivity index (χ0) is 19.1. The lowest BCUT2D eigenvalue weighted by Gasteiger charge is -2.34. The van der Waals surface area contributed by atoms with Crippen LogP contribution in [0.15, 0.2) is 36.7 Å². The van der Waals surface area contributed by atoms with Crippen LogP contribution in [0.1, 0.15) is 30.4 Å². The Bertz CT molecular complexity index is 693. The minimum absolute atomic E-state index is 0.178. The van der Waals surface area contributed by atoms with Gasteiger partial charge in [-0.05, 0) is 68.0 Å². The highest BCUT2D eigenvalue weighted by Gasteiger charge is 2.21. The molecule has 0 unspecified atom stereocenters. The first kappa shape index (κ1) is 19.5. The van der Waals surface area contributed by atoms with Crippen molar-refractivity contribution >= 4 is 5.91 Å². The molecule has 0 atom stereocenters. The van der Waals surface area contributed by atoms with E-state index < -0.39 is 0 Å². The van der Waals surface area contributed by atoms with Crippen molar-refractivity contribution in [2.24, 2.45) is 5.92 Å². The summed E-state index contributed by atoms with van der Waals surface area (Å²) in [5, 5.41) is 6.69. The smallest absolute Gasteiger partial charge is 0.222 e. The van der Waals surface area contributed by atoms with E-state index >= 15 is 0 Å². The molecule has 3 rings (SSSR count). The van der Waals surface area contributed by atoms with E-state index in [4.69, 9.17) is 0 Å². The number of nitrogens with one attached hydrogen (secondary N) is 1. The Hall–Kier alpha value is -2.21. The van der Waals surface area contributed by atoms with Gasteiger partial charge in [-0.15, -0.1) is 0 Å². The number of amides is 1. The molecule has 0 bridgehead atoms. The Labute approximate surface area is 160 Å². The number of aromatic amines is 1. The number of hydrogen-bond acceptors (Lipinski definition) is 3. The fourth-order valence-corrected chi connectivity index (χ4v) is 3.68. The third-order valence-corrected chi connectivity index (χ3v) is 5.48. The summed E-state index contributed by atoms with van der Waals surface area (Å²) in [5.74, 6) is 0.605. The highest BCUT2D eigenvalue weighted by Crippen LogP contribution is 2.19. The topological polar surface area (TPSA) is 52.2 Å². The normalized spacial score (nSPS) is 15.8.